The Balaban J connectivity index is 2.98. The molecule has 0 aliphatic carbocycles. The first-order valence-corrected chi connectivity index (χ1v) is 3.80. The highest BCUT2D eigenvalue weighted by Crippen LogP contribution is 2.06. The van der Waals surface area contributed by atoms with Gasteiger partial charge < -0.3 is 5.11 Å². The molecule has 0 aromatic carbocycles. The van der Waals surface area contributed by atoms with Crippen LogP contribution < -0.4 is 0 Å². The molecule has 0 saturated heterocycles. The SMILES string of the molecule is O=C(O)C(=O)c1ccc(Br)nc1. The van der Waals surface area contributed by atoms with Crippen LogP contribution in [0.15, 0.2) is 22.9 Å². The van der Waals surface area contributed by atoms with E-state index in [-0.39, 0.29) is 5.56 Å². The lowest BCUT2D eigenvalue weighted by Crippen LogP contribution is -2.12. The maximum absolute atomic E-state index is 10.8. The van der Waals surface area contributed by atoms with E-state index in [0.717, 1.165) is 0 Å². The molecule has 1 aromatic rings. The predicted octanol–water partition coefficient (Wildman–Crippen LogP) is 1.11. The van der Waals surface area contributed by atoms with Gasteiger partial charge in [0.2, 0.25) is 0 Å². The number of nitrogens with zero attached hydrogens (tertiary/aromatic N) is 1. The van der Waals surface area contributed by atoms with Crippen LogP contribution in [-0.2, 0) is 4.79 Å². The lowest BCUT2D eigenvalue weighted by Gasteiger charge is -1.93. The second-order valence-electron chi connectivity index (χ2n) is 2.00. The van der Waals surface area contributed by atoms with Gasteiger partial charge in [-0.3, -0.25) is 4.79 Å². The summed E-state index contributed by atoms with van der Waals surface area (Å²) in [7, 11) is 0. The minimum absolute atomic E-state index is 0.0747. The van der Waals surface area contributed by atoms with E-state index in [1.54, 1.807) is 0 Å². The van der Waals surface area contributed by atoms with Crippen LogP contribution in [0.2, 0.25) is 0 Å². The number of carbonyl (C=O) groups excluding carboxylic acids is 1. The number of aliphatic carboxylic acids is 1. The summed E-state index contributed by atoms with van der Waals surface area (Å²) in [6.45, 7) is 0. The number of aromatic nitrogens is 1. The van der Waals surface area contributed by atoms with E-state index >= 15 is 0 Å². The normalized spacial score (nSPS) is 9.42. The predicted molar refractivity (Wildman–Crippen MR) is 43.9 cm³/mol. The molecule has 0 fully saturated rings. The van der Waals surface area contributed by atoms with Gasteiger partial charge >= 0.3 is 5.97 Å². The van der Waals surface area contributed by atoms with E-state index in [1.807, 2.05) is 0 Å². The quantitative estimate of drug-likeness (QED) is 0.469. The summed E-state index contributed by atoms with van der Waals surface area (Å²) in [6.07, 6.45) is 1.21. The molecule has 12 heavy (non-hydrogen) atoms. The molecular formula is C7H4BrNO3. The number of hydrogen-bond acceptors (Lipinski definition) is 3. The fourth-order valence-corrected chi connectivity index (χ4v) is 0.868. The molecule has 0 aliphatic rings. The lowest BCUT2D eigenvalue weighted by molar-refractivity contribution is -0.131. The highest BCUT2D eigenvalue weighted by Gasteiger charge is 2.13. The summed E-state index contributed by atoms with van der Waals surface area (Å²) in [4.78, 5) is 24.7. The first kappa shape index (κ1) is 8.86. The van der Waals surface area contributed by atoms with Crippen LogP contribution in [0.4, 0.5) is 0 Å². The van der Waals surface area contributed by atoms with Gasteiger partial charge in [-0.05, 0) is 28.1 Å². The first-order valence-electron chi connectivity index (χ1n) is 3.00. The van der Waals surface area contributed by atoms with Crippen molar-refractivity contribution < 1.29 is 14.7 Å². The fraction of sp³-hybridized carbons (Fsp3) is 0. The van der Waals surface area contributed by atoms with Crippen molar-refractivity contribution in [2.45, 2.75) is 0 Å². The van der Waals surface area contributed by atoms with Gasteiger partial charge in [-0.1, -0.05) is 0 Å². The molecule has 62 valence electrons. The molecule has 1 aromatic heterocycles. The molecule has 5 heteroatoms. The summed E-state index contributed by atoms with van der Waals surface area (Å²) in [5.41, 5.74) is 0.0747. The van der Waals surface area contributed by atoms with E-state index in [2.05, 4.69) is 20.9 Å². The number of carboxylic acids is 1. The third-order valence-corrected chi connectivity index (χ3v) is 1.65. The molecule has 0 bridgehead atoms. The first-order chi connectivity index (χ1) is 5.61. The van der Waals surface area contributed by atoms with Crippen LogP contribution in [0, 0.1) is 0 Å². The third-order valence-electron chi connectivity index (χ3n) is 1.18. The Morgan fingerprint density at radius 1 is 1.42 bits per heavy atom. The molecule has 1 heterocycles. The number of halogens is 1. The van der Waals surface area contributed by atoms with Gasteiger partial charge in [-0.2, -0.15) is 0 Å². The van der Waals surface area contributed by atoms with Crippen LogP contribution in [0.1, 0.15) is 10.4 Å². The van der Waals surface area contributed by atoms with Crippen molar-refractivity contribution in [3.63, 3.8) is 0 Å². The van der Waals surface area contributed by atoms with Gasteiger partial charge in [0.25, 0.3) is 5.78 Å². The Kier molecular flexibility index (Phi) is 2.54. The maximum atomic E-state index is 10.8. The monoisotopic (exact) mass is 229 g/mol. The van der Waals surface area contributed by atoms with Crippen molar-refractivity contribution >= 4 is 27.7 Å². The largest absolute Gasteiger partial charge is 0.475 e. The number of Topliss-reactive ketones (excluding diaryl/α,β-unsaturated/α-hetero) is 1. The molecule has 0 aliphatic heterocycles. The number of pyridine rings is 1. The Morgan fingerprint density at radius 3 is 2.50 bits per heavy atom. The van der Waals surface area contributed by atoms with E-state index in [4.69, 9.17) is 5.11 Å². The number of hydrogen-bond donors (Lipinski definition) is 1. The van der Waals surface area contributed by atoms with Gasteiger partial charge in [-0.25, -0.2) is 9.78 Å². The Labute approximate surface area is 76.4 Å². The molecule has 1 rings (SSSR count). The molecule has 0 spiro atoms. The number of ketones is 1. The Morgan fingerprint density at radius 2 is 2.08 bits per heavy atom. The number of carbonyl (C=O) groups is 2. The molecule has 4 nitrogen and oxygen atoms in total. The van der Waals surface area contributed by atoms with Gasteiger partial charge in [0.15, 0.2) is 0 Å². The lowest BCUT2D eigenvalue weighted by atomic mass is 10.2. The van der Waals surface area contributed by atoms with Gasteiger partial charge in [0, 0.05) is 11.8 Å². The fourth-order valence-electron chi connectivity index (χ4n) is 0.634. The zero-order valence-corrected chi connectivity index (χ0v) is 7.41. The maximum Gasteiger partial charge on any atom is 0.377 e. The van der Waals surface area contributed by atoms with Crippen molar-refractivity contribution in [3.05, 3.63) is 28.5 Å². The average molecular weight is 230 g/mol. The summed E-state index contributed by atoms with van der Waals surface area (Å²) in [5.74, 6) is -2.42. The smallest absolute Gasteiger partial charge is 0.377 e. The number of carboxylic acid groups (broad SMARTS) is 1. The summed E-state index contributed by atoms with van der Waals surface area (Å²) >= 11 is 3.06. The van der Waals surface area contributed by atoms with Crippen molar-refractivity contribution in [2.75, 3.05) is 0 Å². The van der Waals surface area contributed by atoms with E-state index in [1.165, 1.54) is 18.3 Å². The van der Waals surface area contributed by atoms with E-state index in [0.29, 0.717) is 4.60 Å². The van der Waals surface area contributed by atoms with Gasteiger partial charge in [-0.15, -0.1) is 0 Å². The van der Waals surface area contributed by atoms with E-state index in [9.17, 15) is 9.59 Å². The molecule has 0 saturated carbocycles. The van der Waals surface area contributed by atoms with Gasteiger partial charge in [0.05, 0.1) is 0 Å². The summed E-state index contributed by atoms with van der Waals surface area (Å²) < 4.78 is 0.560. The second-order valence-corrected chi connectivity index (χ2v) is 2.82. The molecule has 0 radical (unpaired) electrons. The van der Waals surface area contributed by atoms with Crippen molar-refractivity contribution in [1.29, 1.82) is 0 Å². The van der Waals surface area contributed by atoms with Crippen molar-refractivity contribution in [1.82, 2.24) is 4.98 Å². The second kappa shape index (κ2) is 3.44. The zero-order chi connectivity index (χ0) is 9.14. The number of rotatable bonds is 2. The zero-order valence-electron chi connectivity index (χ0n) is 5.82. The van der Waals surface area contributed by atoms with Crippen molar-refractivity contribution in [2.24, 2.45) is 0 Å². The van der Waals surface area contributed by atoms with Crippen LogP contribution in [0.5, 0.6) is 0 Å². The average Bonchev–Trinajstić information content (AvgIpc) is 2.04. The third kappa shape index (κ3) is 1.88. The van der Waals surface area contributed by atoms with E-state index < -0.39 is 11.8 Å². The molecular weight excluding hydrogens is 226 g/mol. The topological polar surface area (TPSA) is 67.3 Å². The minimum atomic E-state index is -1.47. The summed E-state index contributed by atoms with van der Waals surface area (Å²) in [6, 6.07) is 2.91. The van der Waals surface area contributed by atoms with Crippen LogP contribution in [-0.4, -0.2) is 21.8 Å². The van der Waals surface area contributed by atoms with Crippen LogP contribution in [0.25, 0.3) is 0 Å². The minimum Gasteiger partial charge on any atom is -0.475 e. The molecule has 0 amide bonds. The molecule has 0 unspecified atom stereocenters. The van der Waals surface area contributed by atoms with Crippen LogP contribution in [0.3, 0.4) is 0 Å². The Bertz CT molecular complexity index is 320. The van der Waals surface area contributed by atoms with Crippen LogP contribution >= 0.6 is 15.9 Å². The highest BCUT2D eigenvalue weighted by molar-refractivity contribution is 9.10. The summed E-state index contributed by atoms with van der Waals surface area (Å²) in [5, 5.41) is 8.32. The Hall–Kier alpha value is -1.23. The molecule has 1 N–H and O–H groups in total. The molecule has 0 atom stereocenters. The van der Waals surface area contributed by atoms with Crippen molar-refractivity contribution in [3.8, 4) is 0 Å². The standard InChI is InChI=1S/C7H4BrNO3/c8-5-2-1-4(3-9-5)6(10)7(11)12/h1-3H,(H,11,12). The van der Waals surface area contributed by atoms with Gasteiger partial charge in [0.1, 0.15) is 4.60 Å². The highest BCUT2D eigenvalue weighted by atomic mass is 79.9.